The maximum atomic E-state index is 12.7. The second-order valence-electron chi connectivity index (χ2n) is 7.80. The molecule has 1 aromatic carbocycles. The highest BCUT2D eigenvalue weighted by Gasteiger charge is 2.48. The first kappa shape index (κ1) is 16.4. The lowest BCUT2D eigenvalue weighted by molar-refractivity contribution is -0.385. The maximum Gasteiger partial charge on any atom is 0.311 e. The first-order valence-corrected chi connectivity index (χ1v) is 9.27. The molecule has 0 heterocycles. The number of rotatable bonds is 5. The molecule has 6 heteroatoms. The molecule has 0 aromatic heterocycles. The van der Waals surface area contributed by atoms with E-state index in [1.807, 2.05) is 0 Å². The smallest absolute Gasteiger partial charge is 0.311 e. The number of nitrogens with zero attached hydrogens (tertiary/aromatic N) is 1. The molecule has 1 aromatic rings. The highest BCUT2D eigenvalue weighted by atomic mass is 16.6. The van der Waals surface area contributed by atoms with Crippen LogP contribution in [-0.2, 0) is 0 Å². The zero-order chi connectivity index (χ0) is 17.6. The number of hydrogen-bond acceptors (Lipinski definition) is 4. The van der Waals surface area contributed by atoms with Crippen LogP contribution in [0.2, 0.25) is 0 Å². The van der Waals surface area contributed by atoms with Gasteiger partial charge in [0.1, 0.15) is 0 Å². The highest BCUT2D eigenvalue weighted by molar-refractivity contribution is 5.95. The predicted molar refractivity (Wildman–Crippen MR) is 92.6 cm³/mol. The summed E-state index contributed by atoms with van der Waals surface area (Å²) in [6.07, 6.45) is 6.27. The largest absolute Gasteiger partial charge is 0.487 e. The summed E-state index contributed by atoms with van der Waals surface area (Å²) >= 11 is 0. The van der Waals surface area contributed by atoms with Crippen LogP contribution in [0.4, 0.5) is 5.69 Å². The van der Waals surface area contributed by atoms with Crippen LogP contribution in [0.25, 0.3) is 0 Å². The molecular weight excluding hydrogens is 320 g/mol. The van der Waals surface area contributed by atoms with Gasteiger partial charge >= 0.3 is 5.69 Å². The predicted octanol–water partition coefficient (Wildman–Crippen LogP) is 3.55. The molecule has 0 unspecified atom stereocenters. The topological polar surface area (TPSA) is 81.5 Å². The Bertz CT molecular complexity index is 675. The molecule has 1 N–H and O–H groups in total. The van der Waals surface area contributed by atoms with E-state index >= 15 is 0 Å². The lowest BCUT2D eigenvalue weighted by Gasteiger charge is -2.54. The van der Waals surface area contributed by atoms with Crippen molar-refractivity contribution < 1.29 is 14.5 Å². The molecule has 5 rings (SSSR count). The fourth-order valence-electron chi connectivity index (χ4n) is 5.47. The Morgan fingerprint density at radius 1 is 1.20 bits per heavy atom. The molecule has 6 nitrogen and oxygen atoms in total. The van der Waals surface area contributed by atoms with Gasteiger partial charge in [-0.3, -0.25) is 14.9 Å². The molecule has 0 aliphatic heterocycles. The van der Waals surface area contributed by atoms with Gasteiger partial charge < -0.3 is 10.1 Å². The fourth-order valence-corrected chi connectivity index (χ4v) is 5.47. The van der Waals surface area contributed by atoms with Crippen molar-refractivity contribution in [3.63, 3.8) is 0 Å². The first-order valence-electron chi connectivity index (χ1n) is 9.27. The van der Waals surface area contributed by atoms with E-state index in [1.54, 1.807) is 13.0 Å². The average Bonchev–Trinajstić information content (AvgIpc) is 2.57. The number of benzene rings is 1. The first-order chi connectivity index (χ1) is 12.0. The zero-order valence-electron chi connectivity index (χ0n) is 14.4. The van der Waals surface area contributed by atoms with Gasteiger partial charge in [0, 0.05) is 17.7 Å². The molecule has 0 saturated heterocycles. The number of nitrogens with one attached hydrogen (secondary N) is 1. The van der Waals surface area contributed by atoms with E-state index < -0.39 is 4.92 Å². The third kappa shape index (κ3) is 2.98. The maximum absolute atomic E-state index is 12.7. The summed E-state index contributed by atoms with van der Waals surface area (Å²) in [5.74, 6) is 2.86. The number of carbonyl (C=O) groups excluding carboxylic acids is 1. The minimum absolute atomic E-state index is 0.153. The molecule has 0 atom stereocenters. The molecule has 25 heavy (non-hydrogen) atoms. The van der Waals surface area contributed by atoms with E-state index in [2.05, 4.69) is 5.32 Å². The summed E-state index contributed by atoms with van der Waals surface area (Å²) in [6.45, 7) is 2.12. The molecule has 4 aliphatic rings. The van der Waals surface area contributed by atoms with Crippen molar-refractivity contribution in [3.05, 3.63) is 33.9 Å². The van der Waals surface area contributed by atoms with Crippen LogP contribution < -0.4 is 10.1 Å². The summed E-state index contributed by atoms with van der Waals surface area (Å²) in [5.41, 5.74) is 0.184. The van der Waals surface area contributed by atoms with Crippen molar-refractivity contribution in [1.82, 2.24) is 5.32 Å². The van der Waals surface area contributed by atoms with Crippen molar-refractivity contribution >= 4 is 11.6 Å². The van der Waals surface area contributed by atoms with Gasteiger partial charge in [0.2, 0.25) is 0 Å². The highest BCUT2D eigenvalue weighted by Crippen LogP contribution is 2.53. The molecule has 4 saturated carbocycles. The minimum atomic E-state index is -0.495. The minimum Gasteiger partial charge on any atom is -0.487 e. The Kier molecular flexibility index (Phi) is 4.13. The third-order valence-corrected chi connectivity index (χ3v) is 6.24. The molecule has 0 radical (unpaired) electrons. The van der Waals surface area contributed by atoms with Crippen LogP contribution in [0.15, 0.2) is 18.2 Å². The van der Waals surface area contributed by atoms with Gasteiger partial charge in [0.25, 0.3) is 5.91 Å². The summed E-state index contributed by atoms with van der Waals surface area (Å²) in [7, 11) is 0. The average molecular weight is 344 g/mol. The third-order valence-electron chi connectivity index (χ3n) is 6.24. The molecular formula is C19H24N2O4. The van der Waals surface area contributed by atoms with Gasteiger partial charge in [-0.2, -0.15) is 0 Å². The van der Waals surface area contributed by atoms with Crippen molar-refractivity contribution in [2.45, 2.75) is 45.1 Å². The number of hydrogen-bond donors (Lipinski definition) is 1. The molecule has 4 fully saturated rings. The van der Waals surface area contributed by atoms with E-state index in [4.69, 9.17) is 4.74 Å². The van der Waals surface area contributed by atoms with Crippen LogP contribution in [0.5, 0.6) is 5.75 Å². The lowest BCUT2D eigenvalue weighted by atomic mass is 9.54. The van der Waals surface area contributed by atoms with E-state index in [9.17, 15) is 14.9 Å². The van der Waals surface area contributed by atoms with Gasteiger partial charge in [-0.05, 0) is 74.8 Å². The van der Waals surface area contributed by atoms with Crippen molar-refractivity contribution in [1.29, 1.82) is 0 Å². The number of amides is 1. The second-order valence-corrected chi connectivity index (χ2v) is 7.80. The number of nitro benzene ring substituents is 1. The molecule has 4 bridgehead atoms. The van der Waals surface area contributed by atoms with Gasteiger partial charge in [0.15, 0.2) is 5.75 Å². The van der Waals surface area contributed by atoms with Gasteiger partial charge in [-0.15, -0.1) is 0 Å². The summed E-state index contributed by atoms with van der Waals surface area (Å²) < 4.78 is 5.29. The Balaban J connectivity index is 1.51. The Morgan fingerprint density at radius 2 is 1.84 bits per heavy atom. The van der Waals surface area contributed by atoms with Crippen LogP contribution in [0.3, 0.4) is 0 Å². The van der Waals surface area contributed by atoms with Crippen molar-refractivity contribution in [2.24, 2.45) is 23.7 Å². The molecule has 4 aliphatic carbocycles. The van der Waals surface area contributed by atoms with E-state index in [0.29, 0.717) is 24.0 Å². The van der Waals surface area contributed by atoms with E-state index in [-0.39, 0.29) is 23.4 Å². The normalized spacial score (nSPS) is 32.4. The Morgan fingerprint density at radius 3 is 2.40 bits per heavy atom. The number of ether oxygens (including phenoxy) is 1. The van der Waals surface area contributed by atoms with Crippen LogP contribution in [-0.4, -0.2) is 23.5 Å². The standard InChI is InChI=1S/C19H24N2O4/c1-2-25-17-4-3-13(10-16(17)21(23)24)19(22)20-18-14-6-11-5-12(8-14)9-15(18)7-11/h3-4,10-12,14-15,18H,2,5-9H2,1H3,(H,20,22). The lowest BCUT2D eigenvalue weighted by Crippen LogP contribution is -2.55. The van der Waals surface area contributed by atoms with Crippen molar-refractivity contribution in [3.8, 4) is 5.75 Å². The van der Waals surface area contributed by atoms with Crippen LogP contribution in [0, 0.1) is 33.8 Å². The molecule has 0 spiro atoms. The van der Waals surface area contributed by atoms with Gasteiger partial charge in [-0.25, -0.2) is 0 Å². The second kappa shape index (κ2) is 6.32. The Hall–Kier alpha value is -2.11. The Labute approximate surface area is 147 Å². The quantitative estimate of drug-likeness (QED) is 0.654. The SMILES string of the molecule is CCOc1ccc(C(=O)NC2C3CC4CC(C3)CC2C4)cc1[N+](=O)[O-]. The number of carbonyl (C=O) groups is 1. The zero-order valence-corrected chi connectivity index (χ0v) is 14.4. The van der Waals surface area contributed by atoms with E-state index in [0.717, 1.165) is 11.8 Å². The summed E-state index contributed by atoms with van der Waals surface area (Å²) in [5, 5.41) is 14.4. The monoisotopic (exact) mass is 344 g/mol. The van der Waals surface area contributed by atoms with Gasteiger partial charge in [-0.1, -0.05) is 0 Å². The number of nitro groups is 1. The van der Waals surface area contributed by atoms with Gasteiger partial charge in [0.05, 0.1) is 11.5 Å². The van der Waals surface area contributed by atoms with Crippen LogP contribution >= 0.6 is 0 Å². The van der Waals surface area contributed by atoms with E-state index in [1.165, 1.54) is 44.2 Å². The fraction of sp³-hybridized carbons (Fsp3) is 0.632. The van der Waals surface area contributed by atoms with Crippen molar-refractivity contribution in [2.75, 3.05) is 6.61 Å². The van der Waals surface area contributed by atoms with Crippen LogP contribution in [0.1, 0.15) is 49.4 Å². The summed E-state index contributed by atoms with van der Waals surface area (Å²) in [6, 6.07) is 4.69. The molecule has 1 amide bonds. The molecule has 134 valence electrons. The summed E-state index contributed by atoms with van der Waals surface area (Å²) in [4.78, 5) is 23.5.